The van der Waals surface area contributed by atoms with Gasteiger partial charge in [0.05, 0.1) is 6.61 Å². The Morgan fingerprint density at radius 1 is 1.47 bits per heavy atom. The predicted molar refractivity (Wildman–Crippen MR) is 73.5 cm³/mol. The molecule has 1 atom stereocenters. The van der Waals surface area contributed by atoms with Gasteiger partial charge in [-0.1, -0.05) is 40.9 Å². The van der Waals surface area contributed by atoms with Gasteiger partial charge in [0, 0.05) is 25.4 Å². The maximum Gasteiger partial charge on any atom is 0.409 e. The van der Waals surface area contributed by atoms with Crippen molar-refractivity contribution in [3.63, 3.8) is 0 Å². The molecule has 0 bridgehead atoms. The molecule has 0 aromatic carbocycles. The lowest BCUT2D eigenvalue weighted by molar-refractivity contribution is -0.0993. The second kappa shape index (κ2) is 7.75. The van der Waals surface area contributed by atoms with Crippen molar-refractivity contribution in [3.8, 4) is 0 Å². The minimum Gasteiger partial charge on any atom is -0.415 e. The highest BCUT2D eigenvalue weighted by Crippen LogP contribution is 2.33. The molecule has 0 fully saturated rings. The molecular formula is C11H13Cl3N2O3. The van der Waals surface area contributed by atoms with Gasteiger partial charge in [-0.25, -0.2) is 4.79 Å². The molecule has 1 aromatic rings. The molecule has 1 unspecified atom stereocenters. The van der Waals surface area contributed by atoms with E-state index in [9.17, 15) is 4.79 Å². The summed E-state index contributed by atoms with van der Waals surface area (Å²) >= 11 is 17.0. The fourth-order valence-corrected chi connectivity index (χ4v) is 1.49. The molecule has 1 N–H and O–H groups in total. The molecule has 106 valence electrons. The number of amides is 1. The van der Waals surface area contributed by atoms with E-state index in [2.05, 4.69) is 10.3 Å². The number of alkyl halides is 3. The molecule has 0 saturated carbocycles. The third-order valence-electron chi connectivity index (χ3n) is 2.04. The zero-order valence-electron chi connectivity index (χ0n) is 10.1. The van der Waals surface area contributed by atoms with E-state index in [0.717, 1.165) is 5.69 Å². The standard InChI is InChI=1S/C11H13Cl3N2O3/c1-15-10(17)19-9(11(12,13)14)18-7-5-8-4-2-3-6-16-8/h2-4,6,9H,5,7H2,1H3,(H,15,17). The number of carbonyl (C=O) groups excluding carboxylic acids is 1. The summed E-state index contributed by atoms with van der Waals surface area (Å²) in [4.78, 5) is 15.2. The minimum absolute atomic E-state index is 0.201. The Morgan fingerprint density at radius 2 is 2.21 bits per heavy atom. The Morgan fingerprint density at radius 3 is 2.74 bits per heavy atom. The molecule has 1 rings (SSSR count). The van der Waals surface area contributed by atoms with E-state index in [1.165, 1.54) is 7.05 Å². The molecule has 0 aliphatic carbocycles. The second-order valence-corrected chi connectivity index (χ2v) is 5.84. The first-order chi connectivity index (χ1) is 8.93. The van der Waals surface area contributed by atoms with Crippen LogP contribution in [0.25, 0.3) is 0 Å². The van der Waals surface area contributed by atoms with Crippen molar-refractivity contribution >= 4 is 40.9 Å². The lowest BCUT2D eigenvalue weighted by Gasteiger charge is -2.24. The molecule has 19 heavy (non-hydrogen) atoms. The van der Waals surface area contributed by atoms with Crippen LogP contribution in [0.3, 0.4) is 0 Å². The third-order valence-corrected chi connectivity index (χ3v) is 2.57. The maximum absolute atomic E-state index is 11.1. The van der Waals surface area contributed by atoms with Crippen LogP contribution in [0.2, 0.25) is 0 Å². The summed E-state index contributed by atoms with van der Waals surface area (Å²) in [6.45, 7) is 0.201. The number of hydrogen-bond acceptors (Lipinski definition) is 4. The van der Waals surface area contributed by atoms with Gasteiger partial charge >= 0.3 is 6.09 Å². The number of aromatic nitrogens is 1. The molecule has 1 heterocycles. The first-order valence-electron chi connectivity index (χ1n) is 5.40. The Labute approximate surface area is 126 Å². The fourth-order valence-electron chi connectivity index (χ4n) is 1.17. The molecule has 0 aliphatic heterocycles. The molecule has 0 aliphatic rings. The first-order valence-corrected chi connectivity index (χ1v) is 6.53. The highest BCUT2D eigenvalue weighted by atomic mass is 35.6. The lowest BCUT2D eigenvalue weighted by Crippen LogP contribution is -2.37. The average molecular weight is 328 g/mol. The Kier molecular flexibility index (Phi) is 6.65. The van der Waals surface area contributed by atoms with Gasteiger partial charge in [-0.2, -0.15) is 0 Å². The van der Waals surface area contributed by atoms with Crippen LogP contribution in [0.4, 0.5) is 4.79 Å². The molecule has 1 aromatic heterocycles. The van der Waals surface area contributed by atoms with Crippen LogP contribution in [0, 0.1) is 0 Å². The number of carbonyl (C=O) groups is 1. The van der Waals surface area contributed by atoms with E-state index >= 15 is 0 Å². The van der Waals surface area contributed by atoms with E-state index in [0.29, 0.717) is 6.42 Å². The molecule has 8 heteroatoms. The van der Waals surface area contributed by atoms with Crippen LogP contribution in [0.5, 0.6) is 0 Å². The highest BCUT2D eigenvalue weighted by molar-refractivity contribution is 6.68. The summed E-state index contributed by atoms with van der Waals surface area (Å²) in [6, 6.07) is 5.51. The summed E-state index contributed by atoms with van der Waals surface area (Å²) < 4.78 is 8.21. The first kappa shape index (κ1) is 16.3. The van der Waals surface area contributed by atoms with Gasteiger partial charge in [-0.15, -0.1) is 0 Å². The van der Waals surface area contributed by atoms with E-state index in [1.807, 2.05) is 18.2 Å². The van der Waals surface area contributed by atoms with Crippen molar-refractivity contribution < 1.29 is 14.3 Å². The zero-order chi connectivity index (χ0) is 14.3. The zero-order valence-corrected chi connectivity index (χ0v) is 12.4. The quantitative estimate of drug-likeness (QED) is 0.667. The van der Waals surface area contributed by atoms with Crippen molar-refractivity contribution in [2.24, 2.45) is 0 Å². The third kappa shape index (κ3) is 6.29. The minimum atomic E-state index is -1.86. The molecule has 5 nitrogen and oxygen atoms in total. The van der Waals surface area contributed by atoms with Gasteiger partial charge in [-0.3, -0.25) is 4.98 Å². The van der Waals surface area contributed by atoms with Gasteiger partial charge in [0.2, 0.25) is 0 Å². The van der Waals surface area contributed by atoms with Gasteiger partial charge in [-0.05, 0) is 12.1 Å². The number of nitrogens with zero attached hydrogens (tertiary/aromatic N) is 1. The number of rotatable bonds is 5. The number of alkyl carbamates (subject to hydrolysis) is 1. The Balaban J connectivity index is 2.47. The van der Waals surface area contributed by atoms with Crippen molar-refractivity contribution in [2.75, 3.05) is 13.7 Å². The number of halogens is 3. The number of ether oxygens (including phenoxy) is 2. The van der Waals surface area contributed by atoms with Gasteiger partial charge in [0.1, 0.15) is 0 Å². The van der Waals surface area contributed by atoms with Gasteiger partial charge in [0.25, 0.3) is 10.1 Å². The van der Waals surface area contributed by atoms with Crippen LogP contribution in [-0.2, 0) is 15.9 Å². The highest BCUT2D eigenvalue weighted by Gasteiger charge is 2.37. The molecule has 1 amide bonds. The summed E-state index contributed by atoms with van der Waals surface area (Å²) in [6.07, 6.45) is 0.146. The maximum atomic E-state index is 11.1. The van der Waals surface area contributed by atoms with Crippen LogP contribution in [0.15, 0.2) is 24.4 Å². The molecule has 0 radical (unpaired) electrons. The largest absolute Gasteiger partial charge is 0.415 e. The van der Waals surface area contributed by atoms with Crippen molar-refractivity contribution in [3.05, 3.63) is 30.1 Å². The average Bonchev–Trinajstić information content (AvgIpc) is 2.37. The Hall–Kier alpha value is -0.750. The van der Waals surface area contributed by atoms with E-state index in [1.54, 1.807) is 6.20 Å². The van der Waals surface area contributed by atoms with E-state index < -0.39 is 16.2 Å². The number of nitrogens with one attached hydrogen (secondary N) is 1. The smallest absolute Gasteiger partial charge is 0.409 e. The summed E-state index contributed by atoms with van der Waals surface area (Å²) in [7, 11) is 1.39. The summed E-state index contributed by atoms with van der Waals surface area (Å²) in [5.41, 5.74) is 0.825. The van der Waals surface area contributed by atoms with Crippen LogP contribution < -0.4 is 5.32 Å². The van der Waals surface area contributed by atoms with E-state index in [4.69, 9.17) is 44.3 Å². The predicted octanol–water partition coefficient (Wildman–Crippen LogP) is 2.69. The SMILES string of the molecule is CNC(=O)OC(OCCc1ccccn1)C(Cl)(Cl)Cl. The van der Waals surface area contributed by atoms with Crippen LogP contribution in [0.1, 0.15) is 5.69 Å². The fraction of sp³-hybridized carbons (Fsp3) is 0.455. The Bertz CT molecular complexity index is 398. The van der Waals surface area contributed by atoms with Crippen molar-refractivity contribution in [2.45, 2.75) is 16.5 Å². The monoisotopic (exact) mass is 326 g/mol. The number of hydrogen-bond donors (Lipinski definition) is 1. The van der Waals surface area contributed by atoms with Crippen LogP contribution >= 0.6 is 34.8 Å². The number of pyridine rings is 1. The molecular weight excluding hydrogens is 314 g/mol. The van der Waals surface area contributed by atoms with E-state index in [-0.39, 0.29) is 6.61 Å². The van der Waals surface area contributed by atoms with Crippen LogP contribution in [-0.4, -0.2) is 34.8 Å². The summed E-state index contributed by atoms with van der Waals surface area (Å²) in [5.74, 6) is 0. The van der Waals surface area contributed by atoms with Crippen molar-refractivity contribution in [1.29, 1.82) is 0 Å². The normalized spacial score (nSPS) is 12.8. The van der Waals surface area contributed by atoms with Gasteiger partial charge < -0.3 is 14.8 Å². The second-order valence-electron chi connectivity index (χ2n) is 3.47. The summed E-state index contributed by atoms with van der Waals surface area (Å²) in [5, 5.41) is 2.25. The van der Waals surface area contributed by atoms with Gasteiger partial charge in [0.15, 0.2) is 0 Å². The lowest BCUT2D eigenvalue weighted by atomic mass is 10.3. The topological polar surface area (TPSA) is 60.5 Å². The molecule has 0 saturated heterocycles. The van der Waals surface area contributed by atoms with Crippen molar-refractivity contribution in [1.82, 2.24) is 10.3 Å². The molecule has 0 spiro atoms.